The summed E-state index contributed by atoms with van der Waals surface area (Å²) >= 11 is -11.5. The molecule has 0 saturated carbocycles. The van der Waals surface area contributed by atoms with Gasteiger partial charge in [0.25, 0.3) is 0 Å². The van der Waals surface area contributed by atoms with Gasteiger partial charge in [-0.2, -0.15) is 0 Å². The molecular formula is C49H60Cl4Si2Zr2. The van der Waals surface area contributed by atoms with E-state index in [1.165, 1.54) is 66.8 Å². The molecule has 4 aromatic rings. The molecule has 0 heterocycles. The molecule has 0 aliphatic heterocycles. The van der Waals surface area contributed by atoms with E-state index in [4.69, 9.17) is 0 Å². The van der Waals surface area contributed by atoms with E-state index in [0.29, 0.717) is 0 Å². The standard InChI is InChI=1S/4C11H11.C3H6.2CH5Si.4ClH.2Zr/c4*1-2-9-7-10-5-3-4-6-11(10)8-9;1-3-2;2*1-2;;;;;;/h4*3-8H,2H2,1H3;1-3H2;2*2H2,1H3;4*1H;;/q;;;;;;;;;;;2*+2/p-4. The molecule has 4 atom stereocenters. The van der Waals surface area contributed by atoms with Gasteiger partial charge in [-0.3, -0.25) is 0 Å². The van der Waals surface area contributed by atoms with Crippen molar-refractivity contribution in [3.05, 3.63) is 164 Å². The molecule has 0 saturated heterocycles. The number of allylic oxidation sites excluding steroid dienone is 4. The molecule has 0 N–H and O–H groups in total. The third kappa shape index (κ3) is 6.01. The number of halogens is 4. The Morgan fingerprint density at radius 2 is 0.632 bits per heavy atom. The van der Waals surface area contributed by atoms with E-state index in [9.17, 15) is 34.1 Å². The van der Waals surface area contributed by atoms with Gasteiger partial charge in [-0.25, -0.2) is 0 Å². The Balaban J connectivity index is 1.39. The molecule has 8 rings (SSSR count). The molecule has 300 valence electrons. The van der Waals surface area contributed by atoms with Crippen molar-refractivity contribution in [1.29, 1.82) is 0 Å². The first-order valence-electron chi connectivity index (χ1n) is 21.9. The van der Waals surface area contributed by atoms with Gasteiger partial charge in [0, 0.05) is 0 Å². The first-order chi connectivity index (χ1) is 27.1. The van der Waals surface area contributed by atoms with E-state index in [1.54, 1.807) is 0 Å². The van der Waals surface area contributed by atoms with Crippen LogP contribution in [0.5, 0.6) is 0 Å². The number of fused-ring (bicyclic) bond motifs is 4. The van der Waals surface area contributed by atoms with Crippen molar-refractivity contribution >= 4 is 71.6 Å². The van der Waals surface area contributed by atoms with Crippen LogP contribution >= 0.6 is 34.1 Å². The fourth-order valence-electron chi connectivity index (χ4n) is 13.6. The Kier molecular flexibility index (Phi) is 10.8. The van der Waals surface area contributed by atoms with E-state index >= 15 is 0 Å². The summed E-state index contributed by atoms with van der Waals surface area (Å²) in [5, 5.41) is 0. The molecule has 0 spiro atoms. The summed E-state index contributed by atoms with van der Waals surface area (Å²) in [6.07, 6.45) is 14.4. The maximum atomic E-state index is 9.38. The van der Waals surface area contributed by atoms with Crippen LogP contribution in [0, 0.1) is 0 Å². The Morgan fingerprint density at radius 3 is 0.842 bits per heavy atom. The van der Waals surface area contributed by atoms with Crippen molar-refractivity contribution in [2.45, 2.75) is 95.7 Å². The van der Waals surface area contributed by atoms with Crippen LogP contribution in [0.3, 0.4) is 0 Å². The quantitative estimate of drug-likeness (QED) is 0.110. The topological polar surface area (TPSA) is 0 Å². The zero-order valence-corrected chi connectivity index (χ0v) is 45.5. The second-order valence-corrected chi connectivity index (χ2v) is 125. The molecule has 4 aliphatic rings. The van der Waals surface area contributed by atoms with Gasteiger partial charge in [0.15, 0.2) is 0 Å². The van der Waals surface area contributed by atoms with Crippen molar-refractivity contribution in [1.82, 2.24) is 0 Å². The van der Waals surface area contributed by atoms with Gasteiger partial charge in [-0.1, -0.05) is 0 Å². The average molecular weight is 1030 g/mol. The molecule has 0 bridgehead atoms. The molecule has 0 aromatic heterocycles. The Hall–Kier alpha value is -0.800. The summed E-state index contributed by atoms with van der Waals surface area (Å²) in [6.45, 7) is 12.0. The van der Waals surface area contributed by atoms with Crippen LogP contribution in [0.25, 0.3) is 24.3 Å². The summed E-state index contributed by atoms with van der Waals surface area (Å²) in [6, 6.07) is 36.1. The molecule has 0 nitrogen and oxygen atoms in total. The first-order valence-corrected chi connectivity index (χ1v) is 58.4. The fourth-order valence-corrected chi connectivity index (χ4v) is 98.8. The fraction of sp³-hybridized carbons (Fsp3) is 0.347. The number of benzene rings is 4. The van der Waals surface area contributed by atoms with Crippen LogP contribution in [0.4, 0.5) is 0 Å². The number of hydrogen-bond donors (Lipinski definition) is 0. The van der Waals surface area contributed by atoms with E-state index in [2.05, 4.69) is 162 Å². The van der Waals surface area contributed by atoms with Gasteiger partial charge in [0.2, 0.25) is 0 Å². The molecule has 4 aromatic carbocycles. The van der Waals surface area contributed by atoms with Crippen LogP contribution in [-0.2, 0) is 28.1 Å². The summed E-state index contributed by atoms with van der Waals surface area (Å²) in [5.41, 5.74) is 16.3. The molecule has 0 fully saturated rings. The van der Waals surface area contributed by atoms with E-state index in [-0.39, 0.29) is 14.5 Å². The second kappa shape index (κ2) is 14.4. The van der Waals surface area contributed by atoms with Crippen LogP contribution in [0.1, 0.15) is 119 Å². The van der Waals surface area contributed by atoms with Crippen LogP contribution in [0.15, 0.2) is 119 Å². The van der Waals surface area contributed by atoms with Crippen LogP contribution in [-0.4, -0.2) is 13.3 Å². The second-order valence-electron chi connectivity index (χ2n) is 18.7. The van der Waals surface area contributed by atoms with Crippen molar-refractivity contribution < 1.29 is 28.1 Å². The zero-order valence-electron chi connectivity index (χ0n) is 34.7. The van der Waals surface area contributed by atoms with Crippen LogP contribution in [0.2, 0.25) is 21.4 Å². The van der Waals surface area contributed by atoms with Gasteiger partial charge in [-0.05, 0) is 0 Å². The van der Waals surface area contributed by atoms with Crippen molar-refractivity contribution in [3.63, 3.8) is 0 Å². The van der Waals surface area contributed by atoms with Gasteiger partial charge < -0.3 is 0 Å². The first kappa shape index (κ1) is 42.9. The Bertz CT molecular complexity index is 2140. The minimum absolute atomic E-state index is 0.0373. The zero-order chi connectivity index (χ0) is 40.6. The van der Waals surface area contributed by atoms with Gasteiger partial charge >= 0.3 is 359 Å². The molecular weight excluding hydrogens is 969 g/mol. The van der Waals surface area contributed by atoms with Crippen molar-refractivity contribution in [2.75, 3.05) is 0 Å². The third-order valence-electron chi connectivity index (χ3n) is 16.4. The van der Waals surface area contributed by atoms with Crippen molar-refractivity contribution in [3.8, 4) is 0 Å². The molecule has 57 heavy (non-hydrogen) atoms. The van der Waals surface area contributed by atoms with Gasteiger partial charge in [-0.15, -0.1) is 0 Å². The SMILES string of the molecule is CCC1=Cc2ccccc2[CH]1[Zr]([Cl])([Cl])([CH2]C[CH2][Zr]([Cl])([Cl])([SiH2]C)([CH]1C(CC)=Cc2ccccc21)[CH]1C(CC)=Cc2ccccc21)([SiH2]C)[CH]1C(CC)=Cc2ccccc21. The normalized spacial score (nSPS) is 23.9. The molecule has 4 unspecified atom stereocenters. The van der Waals surface area contributed by atoms with Gasteiger partial charge in [0.05, 0.1) is 0 Å². The van der Waals surface area contributed by atoms with E-state index in [1.807, 2.05) is 0 Å². The Labute approximate surface area is 355 Å². The van der Waals surface area contributed by atoms with E-state index < -0.39 is 41.4 Å². The number of hydrogen-bond acceptors (Lipinski definition) is 0. The molecule has 0 radical (unpaired) electrons. The summed E-state index contributed by atoms with van der Waals surface area (Å²) in [5.74, 6) is 0. The van der Waals surface area contributed by atoms with Crippen LogP contribution < -0.4 is 0 Å². The third-order valence-corrected chi connectivity index (χ3v) is 125. The monoisotopic (exact) mass is 1020 g/mol. The summed E-state index contributed by atoms with van der Waals surface area (Å²) < 4.78 is 1.79. The van der Waals surface area contributed by atoms with Gasteiger partial charge in [0.1, 0.15) is 0 Å². The van der Waals surface area contributed by atoms with E-state index in [0.717, 1.165) is 40.4 Å². The number of rotatable bonds is 14. The maximum absolute atomic E-state index is 9.38. The molecule has 4 aliphatic carbocycles. The summed E-state index contributed by atoms with van der Waals surface area (Å²) in [7, 11) is 37.5. The minimum atomic E-state index is -5.74. The Morgan fingerprint density at radius 1 is 0.404 bits per heavy atom. The molecule has 0 amide bonds. The average Bonchev–Trinajstić information content (AvgIpc) is 4.02. The summed E-state index contributed by atoms with van der Waals surface area (Å²) in [4.78, 5) is 0. The predicted octanol–water partition coefficient (Wildman–Crippen LogP) is 15.7. The van der Waals surface area contributed by atoms with Crippen molar-refractivity contribution in [2.24, 2.45) is 0 Å². The molecule has 8 heteroatoms. The predicted molar refractivity (Wildman–Crippen MR) is 256 cm³/mol.